The molecule has 110 valence electrons. The summed E-state index contributed by atoms with van der Waals surface area (Å²) >= 11 is 0. The van der Waals surface area contributed by atoms with Crippen molar-refractivity contribution in [2.45, 2.75) is 32.1 Å². The maximum Gasteiger partial charge on any atom is 0.126 e. The summed E-state index contributed by atoms with van der Waals surface area (Å²) in [5.74, 6) is 3.23. The van der Waals surface area contributed by atoms with E-state index in [2.05, 4.69) is 24.0 Å². The SMILES string of the molecule is CCCCCN1C[C@@H]2COc3cccc(OC)c3[C@@H]2C1. The molecule has 0 radical (unpaired) electrons. The van der Waals surface area contributed by atoms with E-state index in [0.717, 1.165) is 24.7 Å². The minimum absolute atomic E-state index is 0.580. The number of likely N-dealkylation sites (tertiary alicyclic amines) is 1. The number of hydrogen-bond acceptors (Lipinski definition) is 3. The zero-order chi connectivity index (χ0) is 13.9. The Balaban J connectivity index is 1.75. The van der Waals surface area contributed by atoms with Gasteiger partial charge in [-0.1, -0.05) is 25.8 Å². The van der Waals surface area contributed by atoms with Crippen LogP contribution in [0.25, 0.3) is 0 Å². The number of methoxy groups -OCH3 is 1. The first-order chi connectivity index (χ1) is 9.83. The molecule has 2 aliphatic rings. The molecule has 2 atom stereocenters. The van der Waals surface area contributed by atoms with Crippen LogP contribution in [0.3, 0.4) is 0 Å². The Bertz CT molecular complexity index is 446. The number of benzene rings is 1. The molecule has 0 amide bonds. The van der Waals surface area contributed by atoms with Crippen LogP contribution in [-0.2, 0) is 0 Å². The van der Waals surface area contributed by atoms with Gasteiger partial charge in [0.05, 0.1) is 13.7 Å². The van der Waals surface area contributed by atoms with E-state index in [1.54, 1.807) is 7.11 Å². The monoisotopic (exact) mass is 275 g/mol. The molecule has 0 saturated carbocycles. The first kappa shape index (κ1) is 13.7. The van der Waals surface area contributed by atoms with Gasteiger partial charge in [0.15, 0.2) is 0 Å². The Kier molecular flexibility index (Phi) is 4.16. The predicted molar refractivity (Wildman–Crippen MR) is 80.7 cm³/mol. The van der Waals surface area contributed by atoms with Gasteiger partial charge < -0.3 is 14.4 Å². The van der Waals surface area contributed by atoms with Gasteiger partial charge in [0.2, 0.25) is 0 Å². The lowest BCUT2D eigenvalue weighted by Crippen LogP contribution is -2.25. The number of hydrogen-bond donors (Lipinski definition) is 0. The zero-order valence-corrected chi connectivity index (χ0v) is 12.6. The number of nitrogens with zero attached hydrogens (tertiary/aromatic N) is 1. The van der Waals surface area contributed by atoms with Crippen molar-refractivity contribution >= 4 is 0 Å². The lowest BCUT2D eigenvalue weighted by Gasteiger charge is -2.29. The van der Waals surface area contributed by atoms with E-state index in [9.17, 15) is 0 Å². The highest BCUT2D eigenvalue weighted by molar-refractivity contribution is 5.49. The van der Waals surface area contributed by atoms with Crippen LogP contribution in [0, 0.1) is 5.92 Å². The molecule has 0 aromatic heterocycles. The van der Waals surface area contributed by atoms with Gasteiger partial charge in [0, 0.05) is 30.5 Å². The fourth-order valence-corrected chi connectivity index (χ4v) is 3.61. The van der Waals surface area contributed by atoms with Crippen LogP contribution >= 0.6 is 0 Å². The van der Waals surface area contributed by atoms with Crippen LogP contribution in [0.1, 0.15) is 37.7 Å². The molecule has 0 spiro atoms. The summed E-state index contributed by atoms with van der Waals surface area (Å²) in [4.78, 5) is 2.61. The topological polar surface area (TPSA) is 21.7 Å². The van der Waals surface area contributed by atoms with Crippen molar-refractivity contribution in [1.82, 2.24) is 4.90 Å². The zero-order valence-electron chi connectivity index (χ0n) is 12.6. The van der Waals surface area contributed by atoms with Crippen molar-refractivity contribution in [1.29, 1.82) is 0 Å². The molecule has 0 bridgehead atoms. The minimum atomic E-state index is 0.580. The highest BCUT2D eigenvalue weighted by Gasteiger charge is 2.40. The number of rotatable bonds is 5. The normalized spacial score (nSPS) is 24.9. The third kappa shape index (κ3) is 2.51. The second-order valence-corrected chi connectivity index (χ2v) is 6.02. The highest BCUT2D eigenvalue weighted by Crippen LogP contribution is 2.45. The third-order valence-electron chi connectivity index (χ3n) is 4.66. The summed E-state index contributed by atoms with van der Waals surface area (Å²) in [6, 6.07) is 6.16. The smallest absolute Gasteiger partial charge is 0.126 e. The quantitative estimate of drug-likeness (QED) is 0.770. The molecule has 1 aromatic rings. The molecule has 1 fully saturated rings. The molecular formula is C17H25NO2. The Morgan fingerprint density at radius 3 is 3.00 bits per heavy atom. The molecular weight excluding hydrogens is 250 g/mol. The molecule has 0 N–H and O–H groups in total. The summed E-state index contributed by atoms with van der Waals surface area (Å²) < 4.78 is 11.5. The first-order valence-corrected chi connectivity index (χ1v) is 7.85. The van der Waals surface area contributed by atoms with E-state index in [4.69, 9.17) is 9.47 Å². The molecule has 3 rings (SSSR count). The van der Waals surface area contributed by atoms with E-state index >= 15 is 0 Å². The van der Waals surface area contributed by atoms with Crippen molar-refractivity contribution in [3.8, 4) is 11.5 Å². The van der Waals surface area contributed by atoms with Crippen LogP contribution in [0.2, 0.25) is 0 Å². The number of fused-ring (bicyclic) bond motifs is 3. The van der Waals surface area contributed by atoms with Gasteiger partial charge in [-0.25, -0.2) is 0 Å². The van der Waals surface area contributed by atoms with Crippen LogP contribution in [-0.4, -0.2) is 38.3 Å². The molecule has 3 nitrogen and oxygen atoms in total. The van der Waals surface area contributed by atoms with Crippen LogP contribution in [0.5, 0.6) is 11.5 Å². The summed E-state index contributed by atoms with van der Waals surface area (Å²) in [7, 11) is 1.76. The molecule has 0 aliphatic carbocycles. The Morgan fingerprint density at radius 2 is 2.20 bits per heavy atom. The van der Waals surface area contributed by atoms with E-state index in [1.807, 2.05) is 6.07 Å². The van der Waals surface area contributed by atoms with Crippen molar-refractivity contribution in [2.75, 3.05) is 33.4 Å². The molecule has 2 heterocycles. The third-order valence-corrected chi connectivity index (χ3v) is 4.66. The highest BCUT2D eigenvalue weighted by atomic mass is 16.5. The molecule has 0 unspecified atom stereocenters. The first-order valence-electron chi connectivity index (χ1n) is 7.85. The lowest BCUT2D eigenvalue weighted by atomic mass is 9.86. The summed E-state index contributed by atoms with van der Waals surface area (Å²) in [5, 5.41) is 0. The van der Waals surface area contributed by atoms with Crippen LogP contribution < -0.4 is 9.47 Å². The Labute approximate surface area is 121 Å². The van der Waals surface area contributed by atoms with Gasteiger partial charge >= 0.3 is 0 Å². The molecule has 1 aromatic carbocycles. The maximum atomic E-state index is 5.95. The fraction of sp³-hybridized carbons (Fsp3) is 0.647. The second kappa shape index (κ2) is 6.04. The fourth-order valence-electron chi connectivity index (χ4n) is 3.61. The Morgan fingerprint density at radius 1 is 1.30 bits per heavy atom. The van der Waals surface area contributed by atoms with Crippen molar-refractivity contribution in [3.63, 3.8) is 0 Å². The second-order valence-electron chi connectivity index (χ2n) is 6.02. The van der Waals surface area contributed by atoms with Gasteiger partial charge in [0.25, 0.3) is 0 Å². The largest absolute Gasteiger partial charge is 0.496 e. The minimum Gasteiger partial charge on any atom is -0.496 e. The summed E-state index contributed by atoms with van der Waals surface area (Å²) in [6.07, 6.45) is 3.94. The summed E-state index contributed by atoms with van der Waals surface area (Å²) in [6.45, 7) is 6.68. The predicted octanol–water partition coefficient (Wildman–Crippen LogP) is 3.29. The van der Waals surface area contributed by atoms with E-state index < -0.39 is 0 Å². The van der Waals surface area contributed by atoms with Gasteiger partial charge in [0.1, 0.15) is 11.5 Å². The van der Waals surface area contributed by atoms with Gasteiger partial charge in [-0.15, -0.1) is 0 Å². The van der Waals surface area contributed by atoms with Crippen LogP contribution in [0.4, 0.5) is 0 Å². The molecule has 1 saturated heterocycles. The van der Waals surface area contributed by atoms with Gasteiger partial charge in [-0.3, -0.25) is 0 Å². The molecule has 20 heavy (non-hydrogen) atoms. The molecule has 2 aliphatic heterocycles. The standard InChI is InChI=1S/C17H25NO2/c1-3-4-5-9-18-10-13-12-20-16-8-6-7-15(19-2)17(16)14(13)11-18/h6-8,13-14H,3-5,9-12H2,1-2H3/t13-,14-/m1/s1. The Hall–Kier alpha value is -1.22. The average molecular weight is 275 g/mol. The van der Waals surface area contributed by atoms with Crippen LogP contribution in [0.15, 0.2) is 18.2 Å². The van der Waals surface area contributed by atoms with E-state index in [0.29, 0.717) is 11.8 Å². The van der Waals surface area contributed by atoms with Gasteiger partial charge in [-0.2, -0.15) is 0 Å². The van der Waals surface area contributed by atoms with Crippen molar-refractivity contribution in [3.05, 3.63) is 23.8 Å². The van der Waals surface area contributed by atoms with Gasteiger partial charge in [-0.05, 0) is 25.1 Å². The summed E-state index contributed by atoms with van der Waals surface area (Å²) in [5.41, 5.74) is 1.30. The molecule has 3 heteroatoms. The number of unbranched alkanes of at least 4 members (excludes halogenated alkanes) is 2. The van der Waals surface area contributed by atoms with Crippen molar-refractivity contribution in [2.24, 2.45) is 5.92 Å². The average Bonchev–Trinajstić information content (AvgIpc) is 2.89. The number of ether oxygens (including phenoxy) is 2. The maximum absolute atomic E-state index is 5.95. The lowest BCUT2D eigenvalue weighted by molar-refractivity contribution is 0.209. The van der Waals surface area contributed by atoms with E-state index in [1.165, 1.54) is 37.9 Å². The van der Waals surface area contributed by atoms with E-state index in [-0.39, 0.29) is 0 Å². The van der Waals surface area contributed by atoms with Crippen molar-refractivity contribution < 1.29 is 9.47 Å².